The SMILES string of the molecule is CCS(=O)(=O)NCc1ccnc(N2CCCCC2)n1. The molecule has 1 aromatic rings. The molecule has 7 heteroatoms. The second-order valence-corrected chi connectivity index (χ2v) is 6.72. The minimum atomic E-state index is -3.18. The first-order chi connectivity index (χ1) is 9.11. The van der Waals surface area contributed by atoms with Gasteiger partial charge < -0.3 is 4.90 Å². The molecule has 0 amide bonds. The van der Waals surface area contributed by atoms with Crippen LogP contribution in [0.1, 0.15) is 31.9 Å². The van der Waals surface area contributed by atoms with Crippen LogP contribution in [0.4, 0.5) is 5.95 Å². The van der Waals surface area contributed by atoms with Crippen molar-refractivity contribution < 1.29 is 8.42 Å². The first-order valence-electron chi connectivity index (χ1n) is 6.65. The molecule has 0 atom stereocenters. The number of piperidine rings is 1. The lowest BCUT2D eigenvalue weighted by Crippen LogP contribution is -2.31. The Bertz CT molecular complexity index is 512. The van der Waals surface area contributed by atoms with E-state index in [0.29, 0.717) is 11.6 Å². The van der Waals surface area contributed by atoms with Crippen LogP contribution < -0.4 is 9.62 Å². The van der Waals surface area contributed by atoms with Crippen LogP contribution in [0.25, 0.3) is 0 Å². The number of aromatic nitrogens is 2. The Morgan fingerprint density at radius 3 is 2.74 bits per heavy atom. The van der Waals surface area contributed by atoms with Gasteiger partial charge >= 0.3 is 0 Å². The van der Waals surface area contributed by atoms with E-state index >= 15 is 0 Å². The molecule has 0 unspecified atom stereocenters. The van der Waals surface area contributed by atoms with Crippen LogP contribution in [0.3, 0.4) is 0 Å². The van der Waals surface area contributed by atoms with Crippen molar-refractivity contribution in [3.05, 3.63) is 18.0 Å². The van der Waals surface area contributed by atoms with E-state index in [0.717, 1.165) is 25.9 Å². The summed E-state index contributed by atoms with van der Waals surface area (Å²) in [7, 11) is -3.18. The van der Waals surface area contributed by atoms with Crippen molar-refractivity contribution in [3.63, 3.8) is 0 Å². The summed E-state index contributed by atoms with van der Waals surface area (Å²) in [5, 5.41) is 0. The largest absolute Gasteiger partial charge is 0.341 e. The van der Waals surface area contributed by atoms with Crippen LogP contribution in [0, 0.1) is 0 Å². The second kappa shape index (κ2) is 6.29. The molecular formula is C12H20N4O2S. The first kappa shape index (κ1) is 14.2. The summed E-state index contributed by atoms with van der Waals surface area (Å²) < 4.78 is 25.3. The molecule has 0 spiro atoms. The number of hydrogen-bond donors (Lipinski definition) is 1. The van der Waals surface area contributed by atoms with Crippen molar-refractivity contribution in [2.75, 3.05) is 23.7 Å². The van der Waals surface area contributed by atoms with E-state index in [1.165, 1.54) is 6.42 Å². The third-order valence-corrected chi connectivity index (χ3v) is 4.54. The van der Waals surface area contributed by atoms with Crippen molar-refractivity contribution in [3.8, 4) is 0 Å². The number of hydrogen-bond acceptors (Lipinski definition) is 5. The van der Waals surface area contributed by atoms with Gasteiger partial charge in [-0.3, -0.25) is 0 Å². The van der Waals surface area contributed by atoms with Crippen molar-refractivity contribution in [2.24, 2.45) is 0 Å². The molecule has 0 aliphatic carbocycles. The van der Waals surface area contributed by atoms with Gasteiger partial charge in [-0.05, 0) is 32.3 Å². The van der Waals surface area contributed by atoms with E-state index in [-0.39, 0.29) is 12.3 Å². The monoisotopic (exact) mass is 284 g/mol. The van der Waals surface area contributed by atoms with Crippen LogP contribution in [-0.2, 0) is 16.6 Å². The van der Waals surface area contributed by atoms with Gasteiger partial charge in [0.1, 0.15) is 0 Å². The highest BCUT2D eigenvalue weighted by Gasteiger charge is 2.14. The molecule has 0 aromatic carbocycles. The van der Waals surface area contributed by atoms with Crippen molar-refractivity contribution in [1.82, 2.24) is 14.7 Å². The Kier molecular flexibility index (Phi) is 4.71. The van der Waals surface area contributed by atoms with E-state index in [1.54, 1.807) is 19.2 Å². The maximum Gasteiger partial charge on any atom is 0.225 e. The number of rotatable bonds is 5. The first-order valence-corrected chi connectivity index (χ1v) is 8.30. The fourth-order valence-electron chi connectivity index (χ4n) is 2.02. The smallest absolute Gasteiger partial charge is 0.225 e. The lowest BCUT2D eigenvalue weighted by atomic mass is 10.1. The maximum atomic E-state index is 11.4. The van der Waals surface area contributed by atoms with E-state index in [4.69, 9.17) is 0 Å². The van der Waals surface area contributed by atoms with Gasteiger partial charge in [-0.15, -0.1) is 0 Å². The molecule has 1 fully saturated rings. The van der Waals surface area contributed by atoms with Crippen LogP contribution in [0.15, 0.2) is 12.3 Å². The van der Waals surface area contributed by atoms with Gasteiger partial charge in [-0.25, -0.2) is 23.1 Å². The van der Waals surface area contributed by atoms with Gasteiger partial charge in [0.2, 0.25) is 16.0 Å². The van der Waals surface area contributed by atoms with E-state index in [2.05, 4.69) is 19.6 Å². The van der Waals surface area contributed by atoms with Gasteiger partial charge in [0, 0.05) is 19.3 Å². The average molecular weight is 284 g/mol. The highest BCUT2D eigenvalue weighted by Crippen LogP contribution is 2.15. The Balaban J connectivity index is 2.02. The molecule has 2 heterocycles. The van der Waals surface area contributed by atoms with Gasteiger partial charge in [-0.1, -0.05) is 0 Å². The molecule has 1 saturated heterocycles. The van der Waals surface area contributed by atoms with E-state index in [1.807, 2.05) is 0 Å². The summed E-state index contributed by atoms with van der Waals surface area (Å²) in [6.07, 6.45) is 5.27. The highest BCUT2D eigenvalue weighted by molar-refractivity contribution is 7.89. The maximum absolute atomic E-state index is 11.4. The molecular weight excluding hydrogens is 264 g/mol. The van der Waals surface area contributed by atoms with E-state index < -0.39 is 10.0 Å². The minimum Gasteiger partial charge on any atom is -0.341 e. The zero-order chi connectivity index (χ0) is 13.7. The van der Waals surface area contributed by atoms with Crippen LogP contribution >= 0.6 is 0 Å². The quantitative estimate of drug-likeness (QED) is 0.869. The molecule has 6 nitrogen and oxygen atoms in total. The number of sulfonamides is 1. The number of nitrogens with one attached hydrogen (secondary N) is 1. The predicted molar refractivity (Wildman–Crippen MR) is 74.4 cm³/mol. The summed E-state index contributed by atoms with van der Waals surface area (Å²) in [6, 6.07) is 1.74. The third-order valence-electron chi connectivity index (χ3n) is 3.19. The summed E-state index contributed by atoms with van der Waals surface area (Å²) >= 11 is 0. The second-order valence-electron chi connectivity index (χ2n) is 4.62. The zero-order valence-corrected chi connectivity index (χ0v) is 12.0. The van der Waals surface area contributed by atoms with Crippen molar-refractivity contribution in [2.45, 2.75) is 32.7 Å². The molecule has 0 bridgehead atoms. The third kappa shape index (κ3) is 4.14. The Morgan fingerprint density at radius 1 is 1.32 bits per heavy atom. The van der Waals surface area contributed by atoms with Crippen LogP contribution in [0.5, 0.6) is 0 Å². The summed E-state index contributed by atoms with van der Waals surface area (Å²) in [5.74, 6) is 0.782. The highest BCUT2D eigenvalue weighted by atomic mass is 32.2. The van der Waals surface area contributed by atoms with Gasteiger partial charge in [0.15, 0.2) is 0 Å². The normalized spacial score (nSPS) is 16.6. The fraction of sp³-hybridized carbons (Fsp3) is 0.667. The fourth-order valence-corrected chi connectivity index (χ4v) is 2.59. The Hall–Kier alpha value is -1.21. The lowest BCUT2D eigenvalue weighted by molar-refractivity contribution is 0.566. The topological polar surface area (TPSA) is 75.2 Å². The molecule has 106 valence electrons. The zero-order valence-electron chi connectivity index (χ0n) is 11.2. The Morgan fingerprint density at radius 2 is 2.05 bits per heavy atom. The Labute approximate surface area is 114 Å². The molecule has 0 saturated carbocycles. The van der Waals surface area contributed by atoms with Gasteiger partial charge in [0.25, 0.3) is 0 Å². The van der Waals surface area contributed by atoms with Gasteiger partial charge in [0.05, 0.1) is 18.0 Å². The van der Waals surface area contributed by atoms with Crippen LogP contribution in [0.2, 0.25) is 0 Å². The molecule has 1 aliphatic rings. The molecule has 1 aromatic heterocycles. The molecule has 1 aliphatic heterocycles. The van der Waals surface area contributed by atoms with Crippen molar-refractivity contribution >= 4 is 16.0 Å². The number of nitrogens with zero attached hydrogens (tertiary/aromatic N) is 3. The van der Waals surface area contributed by atoms with Crippen molar-refractivity contribution in [1.29, 1.82) is 0 Å². The molecule has 2 rings (SSSR count). The van der Waals surface area contributed by atoms with Crippen LogP contribution in [-0.4, -0.2) is 37.2 Å². The summed E-state index contributed by atoms with van der Waals surface area (Å²) in [4.78, 5) is 10.8. The molecule has 0 radical (unpaired) electrons. The van der Waals surface area contributed by atoms with E-state index in [9.17, 15) is 8.42 Å². The lowest BCUT2D eigenvalue weighted by Gasteiger charge is -2.26. The summed E-state index contributed by atoms with van der Waals surface area (Å²) in [6.45, 7) is 3.79. The number of anilines is 1. The summed E-state index contributed by atoms with van der Waals surface area (Å²) in [5.41, 5.74) is 0.701. The minimum absolute atomic E-state index is 0.0804. The molecule has 19 heavy (non-hydrogen) atoms. The molecule has 1 N–H and O–H groups in total. The predicted octanol–water partition coefficient (Wildman–Crippen LogP) is 0.906. The standard InChI is InChI=1S/C12H20N4O2S/c1-2-19(17,18)14-10-11-6-7-13-12(15-11)16-8-4-3-5-9-16/h6-7,14H,2-5,8-10H2,1H3. The van der Waals surface area contributed by atoms with Gasteiger partial charge in [-0.2, -0.15) is 0 Å². The average Bonchev–Trinajstić information content (AvgIpc) is 2.47.